The standard InChI is InChI=1S/C23H26F3N5O2/c1-12(2)31-19(21-16-7-14(8-17(16)21)30-5-4-15(11-30)32-3)9-18(29-31)13-6-20(22(27)28-10-13)33-23(24,25)26/h4-6,9-12,14,16-17,21H,7-8H2,1-3H3,(H2,27,28)/t14-,16+,17-,21-. The van der Waals surface area contributed by atoms with Crippen LogP contribution in [0.4, 0.5) is 19.0 Å². The third kappa shape index (κ3) is 4.02. The first-order valence-electron chi connectivity index (χ1n) is 11.0. The number of nitrogens with zero attached hydrogens (tertiary/aromatic N) is 4. The van der Waals surface area contributed by atoms with E-state index >= 15 is 0 Å². The average molecular weight is 461 g/mol. The molecule has 2 fully saturated rings. The Bertz CT molecular complexity index is 1160. The number of anilines is 1. The van der Waals surface area contributed by atoms with Crippen LogP contribution in [0.1, 0.15) is 50.4 Å². The van der Waals surface area contributed by atoms with E-state index in [2.05, 4.69) is 20.5 Å². The molecule has 2 saturated carbocycles. The molecule has 10 heteroatoms. The molecule has 0 saturated heterocycles. The number of aromatic nitrogens is 4. The van der Waals surface area contributed by atoms with Crippen LogP contribution in [-0.2, 0) is 0 Å². The monoisotopic (exact) mass is 461 g/mol. The number of methoxy groups -OCH3 is 1. The fraction of sp³-hybridized carbons (Fsp3) is 0.478. The Morgan fingerprint density at radius 1 is 1.18 bits per heavy atom. The van der Waals surface area contributed by atoms with Crippen LogP contribution in [0.25, 0.3) is 11.3 Å². The van der Waals surface area contributed by atoms with Crippen molar-refractivity contribution in [1.82, 2.24) is 19.3 Å². The topological polar surface area (TPSA) is 80.1 Å². The van der Waals surface area contributed by atoms with Gasteiger partial charge in [-0.15, -0.1) is 13.2 Å². The molecule has 0 radical (unpaired) electrons. The van der Waals surface area contributed by atoms with Gasteiger partial charge in [0.2, 0.25) is 0 Å². The van der Waals surface area contributed by atoms with Gasteiger partial charge in [-0.25, -0.2) is 4.98 Å². The average Bonchev–Trinajstić information content (AvgIpc) is 3.23. The van der Waals surface area contributed by atoms with Crippen LogP contribution < -0.4 is 15.2 Å². The molecule has 0 spiro atoms. The van der Waals surface area contributed by atoms with Crippen molar-refractivity contribution in [3.63, 3.8) is 0 Å². The summed E-state index contributed by atoms with van der Waals surface area (Å²) in [6, 6.07) is 5.77. The van der Waals surface area contributed by atoms with Crippen LogP contribution in [0.15, 0.2) is 36.8 Å². The highest BCUT2D eigenvalue weighted by molar-refractivity contribution is 5.64. The number of nitrogen functional groups attached to an aromatic ring is 1. The lowest BCUT2D eigenvalue weighted by atomic mass is 10.0. The molecule has 4 atom stereocenters. The zero-order chi connectivity index (χ0) is 23.5. The van der Waals surface area contributed by atoms with Crippen LogP contribution in [0, 0.1) is 11.8 Å². The van der Waals surface area contributed by atoms with Gasteiger partial charge >= 0.3 is 6.36 Å². The summed E-state index contributed by atoms with van der Waals surface area (Å²) in [5.74, 6) is 1.56. The number of rotatable bonds is 6. The van der Waals surface area contributed by atoms with Crippen molar-refractivity contribution in [3.8, 4) is 22.8 Å². The lowest BCUT2D eigenvalue weighted by Crippen LogP contribution is -2.18. The molecular weight excluding hydrogens is 435 g/mol. The van der Waals surface area contributed by atoms with Crippen LogP contribution in [0.2, 0.25) is 0 Å². The van der Waals surface area contributed by atoms with E-state index in [1.807, 2.05) is 36.9 Å². The Labute approximate surface area is 189 Å². The van der Waals surface area contributed by atoms with E-state index in [1.54, 1.807) is 7.11 Å². The molecule has 7 nitrogen and oxygen atoms in total. The van der Waals surface area contributed by atoms with Crippen LogP contribution in [0.3, 0.4) is 0 Å². The first-order chi connectivity index (χ1) is 15.6. The van der Waals surface area contributed by atoms with Crippen molar-refractivity contribution < 1.29 is 22.6 Å². The van der Waals surface area contributed by atoms with Gasteiger partial charge in [-0.1, -0.05) is 0 Å². The molecule has 3 heterocycles. The molecule has 2 aliphatic rings. The van der Waals surface area contributed by atoms with Gasteiger partial charge in [0.25, 0.3) is 0 Å². The number of ether oxygens (including phenoxy) is 2. The van der Waals surface area contributed by atoms with E-state index in [0.717, 1.165) is 24.3 Å². The Hall–Kier alpha value is -3.17. The van der Waals surface area contributed by atoms with E-state index in [-0.39, 0.29) is 11.9 Å². The molecule has 5 rings (SSSR count). The van der Waals surface area contributed by atoms with E-state index < -0.39 is 12.1 Å². The van der Waals surface area contributed by atoms with Gasteiger partial charge < -0.3 is 19.8 Å². The fourth-order valence-electron chi connectivity index (χ4n) is 5.25. The van der Waals surface area contributed by atoms with Crippen molar-refractivity contribution in [3.05, 3.63) is 42.5 Å². The largest absolute Gasteiger partial charge is 0.573 e. The molecule has 3 aromatic heterocycles. The van der Waals surface area contributed by atoms with Gasteiger partial charge in [-0.2, -0.15) is 5.10 Å². The van der Waals surface area contributed by atoms with E-state index in [4.69, 9.17) is 15.6 Å². The van der Waals surface area contributed by atoms with E-state index in [9.17, 15) is 13.2 Å². The molecule has 2 aliphatic carbocycles. The van der Waals surface area contributed by atoms with Gasteiger partial charge in [0, 0.05) is 47.8 Å². The lowest BCUT2D eigenvalue weighted by Gasteiger charge is -2.17. The molecule has 3 aromatic rings. The quantitative estimate of drug-likeness (QED) is 0.547. The fourth-order valence-corrected chi connectivity index (χ4v) is 5.25. The zero-order valence-electron chi connectivity index (χ0n) is 18.6. The summed E-state index contributed by atoms with van der Waals surface area (Å²) in [5, 5.41) is 4.70. The molecule has 2 N–H and O–H groups in total. The van der Waals surface area contributed by atoms with E-state index in [0.29, 0.717) is 35.1 Å². The molecule has 0 aliphatic heterocycles. The SMILES string of the molecule is COc1ccn([C@H]2C[C@@H]3[C@H](C2)[C@H]3c2cc(-c3cnc(N)c(OC(F)(F)F)c3)nn2C(C)C)c1. The summed E-state index contributed by atoms with van der Waals surface area (Å²) in [6.07, 6.45) is 2.85. The van der Waals surface area contributed by atoms with Gasteiger partial charge in [-0.3, -0.25) is 4.68 Å². The maximum atomic E-state index is 12.7. The van der Waals surface area contributed by atoms with E-state index in [1.165, 1.54) is 12.3 Å². The highest BCUT2D eigenvalue weighted by atomic mass is 19.4. The summed E-state index contributed by atoms with van der Waals surface area (Å²) in [6.45, 7) is 4.10. The summed E-state index contributed by atoms with van der Waals surface area (Å²) in [4.78, 5) is 3.88. The smallest absolute Gasteiger partial charge is 0.495 e. The summed E-state index contributed by atoms with van der Waals surface area (Å²) in [5.41, 5.74) is 7.70. The van der Waals surface area contributed by atoms with Crippen LogP contribution >= 0.6 is 0 Å². The maximum absolute atomic E-state index is 12.7. The Kier molecular flexibility index (Phi) is 5.06. The number of fused-ring (bicyclic) bond motifs is 1. The van der Waals surface area contributed by atoms with Gasteiger partial charge in [-0.05, 0) is 56.7 Å². The van der Waals surface area contributed by atoms with Crippen LogP contribution in [-0.4, -0.2) is 32.8 Å². The van der Waals surface area contributed by atoms with Gasteiger partial charge in [0.15, 0.2) is 11.6 Å². The molecule has 33 heavy (non-hydrogen) atoms. The van der Waals surface area contributed by atoms with Crippen molar-refractivity contribution in [2.24, 2.45) is 11.8 Å². The summed E-state index contributed by atoms with van der Waals surface area (Å²) < 4.78 is 51.7. The summed E-state index contributed by atoms with van der Waals surface area (Å²) in [7, 11) is 1.67. The zero-order valence-corrected chi connectivity index (χ0v) is 18.6. The predicted octanol–water partition coefficient (Wildman–Crippen LogP) is 5.18. The first kappa shape index (κ1) is 21.7. The third-order valence-corrected chi connectivity index (χ3v) is 6.76. The molecule has 0 amide bonds. The number of halogens is 3. The minimum Gasteiger partial charge on any atom is -0.495 e. The molecule has 176 valence electrons. The predicted molar refractivity (Wildman–Crippen MR) is 116 cm³/mol. The number of hydrogen-bond acceptors (Lipinski definition) is 5. The highest BCUT2D eigenvalue weighted by Gasteiger charge is 2.58. The second-order valence-corrected chi connectivity index (χ2v) is 9.13. The second kappa shape index (κ2) is 7.71. The van der Waals surface area contributed by atoms with Gasteiger partial charge in [0.05, 0.1) is 12.8 Å². The number of nitrogens with two attached hydrogens (primary N) is 1. The molecule has 0 unspecified atom stereocenters. The third-order valence-electron chi connectivity index (χ3n) is 6.76. The number of hydrogen-bond donors (Lipinski definition) is 1. The second-order valence-electron chi connectivity index (χ2n) is 9.13. The Morgan fingerprint density at radius 3 is 2.52 bits per heavy atom. The molecule has 0 bridgehead atoms. The van der Waals surface area contributed by atoms with Crippen molar-refractivity contribution in [2.45, 2.75) is 51.1 Å². The van der Waals surface area contributed by atoms with Crippen molar-refractivity contribution in [1.29, 1.82) is 0 Å². The van der Waals surface area contributed by atoms with Crippen molar-refractivity contribution in [2.75, 3.05) is 12.8 Å². The molecule has 0 aromatic carbocycles. The van der Waals surface area contributed by atoms with Crippen molar-refractivity contribution >= 4 is 5.82 Å². The molecular formula is C23H26F3N5O2. The minimum absolute atomic E-state index is 0.118. The number of pyridine rings is 1. The minimum atomic E-state index is -4.84. The maximum Gasteiger partial charge on any atom is 0.573 e. The number of alkyl halides is 3. The van der Waals surface area contributed by atoms with Gasteiger partial charge in [0.1, 0.15) is 5.75 Å². The van der Waals surface area contributed by atoms with Crippen LogP contribution in [0.5, 0.6) is 11.5 Å². The highest BCUT2D eigenvalue weighted by Crippen LogP contribution is 2.66. The Morgan fingerprint density at radius 2 is 1.91 bits per heavy atom. The first-order valence-corrected chi connectivity index (χ1v) is 11.0. The Balaban J connectivity index is 1.38. The lowest BCUT2D eigenvalue weighted by molar-refractivity contribution is -0.274. The summed E-state index contributed by atoms with van der Waals surface area (Å²) >= 11 is 0. The normalized spacial score (nSPS) is 24.2.